The minimum absolute atomic E-state index is 0.0951. The van der Waals surface area contributed by atoms with Gasteiger partial charge in [-0.05, 0) is 23.9 Å². The van der Waals surface area contributed by atoms with Gasteiger partial charge in [0.05, 0.1) is 11.5 Å². The number of hydrogen-bond acceptors (Lipinski definition) is 4. The highest BCUT2D eigenvalue weighted by Crippen LogP contribution is 2.32. The van der Waals surface area contributed by atoms with Crippen LogP contribution in [0.4, 0.5) is 0 Å². The van der Waals surface area contributed by atoms with E-state index in [4.69, 9.17) is 4.74 Å². The first-order valence-electron chi connectivity index (χ1n) is 4.93. The molecule has 15 heavy (non-hydrogen) atoms. The summed E-state index contributed by atoms with van der Waals surface area (Å²) in [4.78, 5) is 12.9. The smallest absolute Gasteiger partial charge is 0.178 e. The van der Waals surface area contributed by atoms with Gasteiger partial charge in [-0.1, -0.05) is 0 Å². The minimum atomic E-state index is 0.0951. The van der Waals surface area contributed by atoms with Crippen molar-refractivity contribution in [3.63, 3.8) is 0 Å². The SMILES string of the molecule is O=C(c1cc2sccc2s1)C1CCOC1. The van der Waals surface area contributed by atoms with Gasteiger partial charge in [-0.25, -0.2) is 0 Å². The van der Waals surface area contributed by atoms with Crippen LogP contribution in [-0.4, -0.2) is 19.0 Å². The summed E-state index contributed by atoms with van der Waals surface area (Å²) in [5.74, 6) is 0.360. The van der Waals surface area contributed by atoms with Gasteiger partial charge in [0.2, 0.25) is 0 Å². The molecular formula is C11H10O2S2. The molecule has 2 aromatic rings. The van der Waals surface area contributed by atoms with Gasteiger partial charge in [0.25, 0.3) is 0 Å². The van der Waals surface area contributed by atoms with Gasteiger partial charge < -0.3 is 4.74 Å². The third-order valence-electron chi connectivity index (χ3n) is 2.68. The summed E-state index contributed by atoms with van der Waals surface area (Å²) in [5.41, 5.74) is 0. The maximum Gasteiger partial charge on any atom is 0.178 e. The molecule has 0 N–H and O–H groups in total. The lowest BCUT2D eigenvalue weighted by atomic mass is 10.0. The molecule has 2 aromatic heterocycles. The zero-order valence-electron chi connectivity index (χ0n) is 8.06. The molecule has 1 saturated heterocycles. The molecule has 0 radical (unpaired) electrons. The molecule has 4 heteroatoms. The summed E-state index contributed by atoms with van der Waals surface area (Å²) in [6, 6.07) is 4.10. The van der Waals surface area contributed by atoms with Gasteiger partial charge in [0.1, 0.15) is 0 Å². The molecule has 2 nitrogen and oxygen atoms in total. The second-order valence-electron chi connectivity index (χ2n) is 3.68. The molecule has 1 aliphatic heterocycles. The molecule has 0 bridgehead atoms. The molecule has 78 valence electrons. The van der Waals surface area contributed by atoms with Crippen molar-refractivity contribution < 1.29 is 9.53 Å². The summed E-state index contributed by atoms with van der Waals surface area (Å²) in [6.45, 7) is 1.33. The molecule has 1 aliphatic rings. The second kappa shape index (κ2) is 3.70. The molecular weight excluding hydrogens is 228 g/mol. The van der Waals surface area contributed by atoms with Crippen LogP contribution >= 0.6 is 22.7 Å². The average molecular weight is 238 g/mol. The van der Waals surface area contributed by atoms with Gasteiger partial charge >= 0.3 is 0 Å². The lowest BCUT2D eigenvalue weighted by molar-refractivity contribution is 0.0904. The highest BCUT2D eigenvalue weighted by Gasteiger charge is 2.25. The molecule has 3 rings (SSSR count). The van der Waals surface area contributed by atoms with E-state index in [1.165, 1.54) is 9.40 Å². The van der Waals surface area contributed by atoms with Gasteiger partial charge in [-0.2, -0.15) is 0 Å². The summed E-state index contributed by atoms with van der Waals surface area (Å²) >= 11 is 3.30. The number of rotatable bonds is 2. The Balaban J connectivity index is 1.92. The van der Waals surface area contributed by atoms with Gasteiger partial charge in [-0.3, -0.25) is 4.79 Å². The Morgan fingerprint density at radius 2 is 2.40 bits per heavy atom. The van der Waals surface area contributed by atoms with E-state index in [2.05, 4.69) is 11.4 Å². The standard InChI is InChI=1S/C11H10O2S2/c12-11(7-1-3-13-6-7)10-5-9-8(15-10)2-4-14-9/h2,4-5,7H,1,3,6H2. The van der Waals surface area contributed by atoms with Crippen LogP contribution in [0.25, 0.3) is 9.40 Å². The van der Waals surface area contributed by atoms with Crippen molar-refractivity contribution in [1.82, 2.24) is 0 Å². The van der Waals surface area contributed by atoms with Crippen molar-refractivity contribution >= 4 is 37.9 Å². The molecule has 3 heterocycles. The highest BCUT2D eigenvalue weighted by atomic mass is 32.1. The predicted molar refractivity (Wildman–Crippen MR) is 63.0 cm³/mol. The van der Waals surface area contributed by atoms with Crippen molar-refractivity contribution in [3.05, 3.63) is 22.4 Å². The Morgan fingerprint density at radius 1 is 1.47 bits per heavy atom. The third-order valence-corrected chi connectivity index (χ3v) is 4.79. The minimum Gasteiger partial charge on any atom is -0.381 e. The number of hydrogen-bond donors (Lipinski definition) is 0. The Labute approximate surface area is 95.5 Å². The van der Waals surface area contributed by atoms with Crippen molar-refractivity contribution in [1.29, 1.82) is 0 Å². The fourth-order valence-electron chi connectivity index (χ4n) is 1.83. The lowest BCUT2D eigenvalue weighted by Crippen LogP contribution is -2.12. The van der Waals surface area contributed by atoms with E-state index in [1.54, 1.807) is 22.7 Å². The van der Waals surface area contributed by atoms with Crippen LogP contribution in [0.3, 0.4) is 0 Å². The van der Waals surface area contributed by atoms with Crippen LogP contribution in [0.2, 0.25) is 0 Å². The van der Waals surface area contributed by atoms with E-state index in [0.29, 0.717) is 6.61 Å². The van der Waals surface area contributed by atoms with Gasteiger partial charge in [0, 0.05) is 21.9 Å². The fourth-order valence-corrected chi connectivity index (χ4v) is 3.96. The van der Waals surface area contributed by atoms with Crippen LogP contribution in [0.5, 0.6) is 0 Å². The monoisotopic (exact) mass is 238 g/mol. The zero-order valence-corrected chi connectivity index (χ0v) is 9.70. The summed E-state index contributed by atoms with van der Waals surface area (Å²) < 4.78 is 7.69. The van der Waals surface area contributed by atoms with E-state index < -0.39 is 0 Å². The van der Waals surface area contributed by atoms with Crippen molar-refractivity contribution in [3.8, 4) is 0 Å². The predicted octanol–water partition coefficient (Wildman–Crippen LogP) is 3.18. The fraction of sp³-hybridized carbons (Fsp3) is 0.364. The van der Waals surface area contributed by atoms with Gasteiger partial charge in [-0.15, -0.1) is 22.7 Å². The molecule has 1 fully saturated rings. The summed E-state index contributed by atoms with van der Waals surface area (Å²) in [7, 11) is 0. The van der Waals surface area contributed by atoms with Crippen LogP contribution in [0, 0.1) is 5.92 Å². The molecule has 0 aliphatic carbocycles. The molecule has 1 atom stereocenters. The average Bonchev–Trinajstić information content (AvgIpc) is 2.92. The van der Waals surface area contributed by atoms with Gasteiger partial charge in [0.15, 0.2) is 5.78 Å². The largest absolute Gasteiger partial charge is 0.381 e. The maximum atomic E-state index is 12.0. The first-order chi connectivity index (χ1) is 7.34. The Morgan fingerprint density at radius 3 is 3.13 bits per heavy atom. The number of carbonyl (C=O) groups excluding carboxylic acids is 1. The maximum absolute atomic E-state index is 12.0. The van der Waals surface area contributed by atoms with E-state index in [-0.39, 0.29) is 11.7 Å². The number of thiophene rings is 2. The van der Waals surface area contributed by atoms with E-state index in [0.717, 1.165) is 17.9 Å². The molecule has 0 saturated carbocycles. The first-order valence-corrected chi connectivity index (χ1v) is 6.63. The van der Waals surface area contributed by atoms with Crippen molar-refractivity contribution in [2.24, 2.45) is 5.92 Å². The van der Waals surface area contributed by atoms with Crippen molar-refractivity contribution in [2.45, 2.75) is 6.42 Å². The second-order valence-corrected chi connectivity index (χ2v) is 5.72. The number of ketones is 1. The Hall–Kier alpha value is -0.710. The highest BCUT2D eigenvalue weighted by molar-refractivity contribution is 7.27. The first kappa shape index (κ1) is 9.51. The number of carbonyl (C=O) groups is 1. The Kier molecular flexibility index (Phi) is 2.35. The Bertz CT molecular complexity index is 463. The van der Waals surface area contributed by atoms with Crippen LogP contribution in [0.15, 0.2) is 17.5 Å². The quantitative estimate of drug-likeness (QED) is 0.751. The molecule has 0 aromatic carbocycles. The third kappa shape index (κ3) is 1.62. The number of Topliss-reactive ketones (excluding diaryl/α,β-unsaturated/α-hetero) is 1. The van der Waals surface area contributed by atoms with Crippen LogP contribution in [0.1, 0.15) is 16.1 Å². The molecule has 0 spiro atoms. The number of fused-ring (bicyclic) bond motifs is 1. The lowest BCUT2D eigenvalue weighted by Gasteiger charge is -2.02. The van der Waals surface area contributed by atoms with Crippen LogP contribution < -0.4 is 0 Å². The van der Waals surface area contributed by atoms with Crippen LogP contribution in [-0.2, 0) is 4.74 Å². The topological polar surface area (TPSA) is 26.3 Å². The van der Waals surface area contributed by atoms with E-state index in [1.807, 2.05) is 6.07 Å². The zero-order chi connectivity index (χ0) is 10.3. The number of ether oxygens (including phenoxy) is 1. The molecule has 1 unspecified atom stereocenters. The normalized spacial score (nSPS) is 21.2. The summed E-state index contributed by atoms with van der Waals surface area (Å²) in [5, 5.41) is 2.06. The summed E-state index contributed by atoms with van der Waals surface area (Å²) in [6.07, 6.45) is 0.879. The molecule has 0 amide bonds. The van der Waals surface area contributed by atoms with Crippen molar-refractivity contribution in [2.75, 3.05) is 13.2 Å². The van der Waals surface area contributed by atoms with E-state index >= 15 is 0 Å². The van der Waals surface area contributed by atoms with E-state index in [9.17, 15) is 4.79 Å².